The van der Waals surface area contributed by atoms with Crippen LogP contribution in [0, 0.1) is 0 Å². The molecule has 0 spiro atoms. The van der Waals surface area contributed by atoms with Gasteiger partial charge in [-0.25, -0.2) is 4.79 Å². The van der Waals surface area contributed by atoms with Gasteiger partial charge in [-0.1, -0.05) is 6.92 Å². The quantitative estimate of drug-likeness (QED) is 0.768. The first-order valence-corrected chi connectivity index (χ1v) is 6.57. The summed E-state index contributed by atoms with van der Waals surface area (Å²) in [5, 5.41) is 3.17. The molecule has 2 aliphatic heterocycles. The summed E-state index contributed by atoms with van der Waals surface area (Å²) in [4.78, 5) is 16.3. The summed E-state index contributed by atoms with van der Waals surface area (Å²) in [6.07, 6.45) is 4.67. The molecule has 2 fully saturated rings. The zero-order valence-corrected chi connectivity index (χ0v) is 10.2. The third-order valence-electron chi connectivity index (χ3n) is 3.67. The van der Waals surface area contributed by atoms with Crippen LogP contribution in [0.4, 0.5) is 4.79 Å². The normalized spacial score (nSPS) is 27.1. The molecule has 2 amide bonds. The Morgan fingerprint density at radius 2 is 2.00 bits per heavy atom. The zero-order valence-electron chi connectivity index (χ0n) is 10.2. The number of likely N-dealkylation sites (N-methyl/N-ethyl adjacent to an activating group) is 1. The van der Waals surface area contributed by atoms with Gasteiger partial charge in [-0.2, -0.15) is 0 Å². The monoisotopic (exact) mass is 225 g/mol. The molecule has 0 aromatic rings. The van der Waals surface area contributed by atoms with Crippen molar-refractivity contribution in [2.45, 2.75) is 38.6 Å². The molecule has 2 aliphatic rings. The molecule has 2 saturated heterocycles. The lowest BCUT2D eigenvalue weighted by Crippen LogP contribution is -2.50. The van der Waals surface area contributed by atoms with Gasteiger partial charge < -0.3 is 15.1 Å². The first-order chi connectivity index (χ1) is 7.79. The highest BCUT2D eigenvalue weighted by Crippen LogP contribution is 2.12. The Bertz CT molecular complexity index is 238. The second kappa shape index (κ2) is 5.53. The fourth-order valence-electron chi connectivity index (χ4n) is 2.65. The molecule has 2 rings (SSSR count). The van der Waals surface area contributed by atoms with Crippen molar-refractivity contribution in [2.24, 2.45) is 0 Å². The third-order valence-corrected chi connectivity index (χ3v) is 3.67. The van der Waals surface area contributed by atoms with Crippen molar-refractivity contribution in [3.05, 3.63) is 0 Å². The van der Waals surface area contributed by atoms with Gasteiger partial charge >= 0.3 is 6.03 Å². The molecule has 0 aromatic carbocycles. The minimum absolute atomic E-state index is 0.153. The number of amides is 2. The number of piperidine rings is 1. The maximum atomic E-state index is 11.9. The summed E-state index contributed by atoms with van der Waals surface area (Å²) < 4.78 is 0. The topological polar surface area (TPSA) is 35.6 Å². The Hall–Kier alpha value is -0.770. The predicted octanol–water partition coefficient (Wildman–Crippen LogP) is 1.28. The number of hydrogen-bond acceptors (Lipinski definition) is 2. The summed E-state index contributed by atoms with van der Waals surface area (Å²) >= 11 is 0. The molecule has 1 unspecified atom stereocenters. The van der Waals surface area contributed by atoms with Gasteiger partial charge in [-0.3, -0.25) is 0 Å². The molecule has 92 valence electrons. The van der Waals surface area contributed by atoms with Gasteiger partial charge in [-0.05, 0) is 38.8 Å². The van der Waals surface area contributed by atoms with E-state index in [2.05, 4.69) is 17.1 Å². The van der Waals surface area contributed by atoms with Crippen molar-refractivity contribution >= 4 is 6.03 Å². The molecule has 0 saturated carbocycles. The van der Waals surface area contributed by atoms with E-state index >= 15 is 0 Å². The van der Waals surface area contributed by atoms with E-state index in [9.17, 15) is 4.79 Å². The number of hydrogen-bond donors (Lipinski definition) is 1. The van der Waals surface area contributed by atoms with E-state index in [-0.39, 0.29) is 6.03 Å². The van der Waals surface area contributed by atoms with E-state index in [0.717, 1.165) is 32.6 Å². The highest BCUT2D eigenvalue weighted by molar-refractivity contribution is 5.74. The Kier molecular flexibility index (Phi) is 4.04. The standard InChI is InChI=1S/C12H23N3O/c1-2-14-7-5-6-11(10-14)13-12(16)15-8-3-4-9-15/h11H,2-10H2,1H3,(H,13,16). The molecular formula is C12H23N3O. The largest absolute Gasteiger partial charge is 0.334 e. The maximum Gasteiger partial charge on any atom is 0.317 e. The molecule has 0 aliphatic carbocycles. The number of nitrogens with zero attached hydrogens (tertiary/aromatic N) is 2. The summed E-state index contributed by atoms with van der Waals surface area (Å²) in [7, 11) is 0. The second-order valence-corrected chi connectivity index (χ2v) is 4.88. The van der Waals surface area contributed by atoms with Crippen molar-refractivity contribution < 1.29 is 4.79 Å². The molecule has 0 radical (unpaired) electrons. The molecule has 16 heavy (non-hydrogen) atoms. The van der Waals surface area contributed by atoms with Crippen molar-refractivity contribution in [2.75, 3.05) is 32.7 Å². The maximum absolute atomic E-state index is 11.9. The number of carbonyl (C=O) groups is 1. The lowest BCUT2D eigenvalue weighted by molar-refractivity contribution is 0.176. The van der Waals surface area contributed by atoms with Crippen molar-refractivity contribution in [3.8, 4) is 0 Å². The molecule has 4 nitrogen and oxygen atoms in total. The number of carbonyl (C=O) groups excluding carboxylic acids is 1. The van der Waals surface area contributed by atoms with Crippen LogP contribution in [0.1, 0.15) is 32.6 Å². The minimum Gasteiger partial charge on any atom is -0.334 e. The smallest absolute Gasteiger partial charge is 0.317 e. The average molecular weight is 225 g/mol. The van der Waals surface area contributed by atoms with Crippen LogP contribution in [0.3, 0.4) is 0 Å². The van der Waals surface area contributed by atoms with Gasteiger partial charge in [0.1, 0.15) is 0 Å². The van der Waals surface area contributed by atoms with Crippen LogP contribution in [-0.4, -0.2) is 54.6 Å². The SMILES string of the molecule is CCN1CCCC(NC(=O)N2CCCC2)C1. The van der Waals surface area contributed by atoms with Crippen LogP contribution in [0.25, 0.3) is 0 Å². The van der Waals surface area contributed by atoms with Crippen LogP contribution >= 0.6 is 0 Å². The van der Waals surface area contributed by atoms with E-state index < -0.39 is 0 Å². The second-order valence-electron chi connectivity index (χ2n) is 4.88. The highest BCUT2D eigenvalue weighted by atomic mass is 16.2. The Balaban J connectivity index is 1.77. The Labute approximate surface area is 98.0 Å². The van der Waals surface area contributed by atoms with Crippen molar-refractivity contribution in [1.29, 1.82) is 0 Å². The van der Waals surface area contributed by atoms with Crippen LogP contribution in [-0.2, 0) is 0 Å². The Morgan fingerprint density at radius 1 is 1.25 bits per heavy atom. The van der Waals surface area contributed by atoms with Gasteiger partial charge in [0, 0.05) is 25.7 Å². The minimum atomic E-state index is 0.153. The predicted molar refractivity (Wildman–Crippen MR) is 64.5 cm³/mol. The number of urea groups is 1. The van der Waals surface area contributed by atoms with Gasteiger partial charge in [0.15, 0.2) is 0 Å². The van der Waals surface area contributed by atoms with Gasteiger partial charge in [0.25, 0.3) is 0 Å². The third kappa shape index (κ3) is 2.88. The number of likely N-dealkylation sites (tertiary alicyclic amines) is 2. The number of rotatable bonds is 2. The summed E-state index contributed by atoms with van der Waals surface area (Å²) in [5.74, 6) is 0. The lowest BCUT2D eigenvalue weighted by Gasteiger charge is -2.33. The van der Waals surface area contributed by atoms with E-state index in [1.165, 1.54) is 25.8 Å². The molecular weight excluding hydrogens is 202 g/mol. The summed E-state index contributed by atoms with van der Waals surface area (Å²) in [6.45, 7) is 7.37. The highest BCUT2D eigenvalue weighted by Gasteiger charge is 2.23. The van der Waals surface area contributed by atoms with Gasteiger partial charge in [-0.15, -0.1) is 0 Å². The van der Waals surface area contributed by atoms with Crippen molar-refractivity contribution in [1.82, 2.24) is 15.1 Å². The van der Waals surface area contributed by atoms with E-state index in [1.807, 2.05) is 4.90 Å². The van der Waals surface area contributed by atoms with Crippen molar-refractivity contribution in [3.63, 3.8) is 0 Å². The first kappa shape index (κ1) is 11.7. The molecule has 2 heterocycles. The van der Waals surface area contributed by atoms with Crippen LogP contribution in [0.5, 0.6) is 0 Å². The van der Waals surface area contributed by atoms with E-state index in [0.29, 0.717) is 6.04 Å². The van der Waals surface area contributed by atoms with Crippen LogP contribution < -0.4 is 5.32 Å². The van der Waals surface area contributed by atoms with Gasteiger partial charge in [0.2, 0.25) is 0 Å². The fraction of sp³-hybridized carbons (Fsp3) is 0.917. The number of nitrogens with one attached hydrogen (secondary N) is 1. The molecule has 0 bridgehead atoms. The molecule has 0 aromatic heterocycles. The van der Waals surface area contributed by atoms with E-state index in [1.54, 1.807) is 0 Å². The molecule has 1 atom stereocenters. The van der Waals surface area contributed by atoms with Crippen LogP contribution in [0.15, 0.2) is 0 Å². The zero-order chi connectivity index (χ0) is 11.4. The molecule has 1 N–H and O–H groups in total. The average Bonchev–Trinajstić information content (AvgIpc) is 2.83. The first-order valence-electron chi connectivity index (χ1n) is 6.57. The van der Waals surface area contributed by atoms with Crippen LogP contribution in [0.2, 0.25) is 0 Å². The van der Waals surface area contributed by atoms with E-state index in [4.69, 9.17) is 0 Å². The van der Waals surface area contributed by atoms with Gasteiger partial charge in [0.05, 0.1) is 0 Å². The lowest BCUT2D eigenvalue weighted by atomic mass is 10.1. The molecule has 4 heteroatoms. The fourth-order valence-corrected chi connectivity index (χ4v) is 2.65. The summed E-state index contributed by atoms with van der Waals surface area (Å²) in [5.41, 5.74) is 0. The Morgan fingerprint density at radius 3 is 2.69 bits per heavy atom. The summed E-state index contributed by atoms with van der Waals surface area (Å²) in [6, 6.07) is 0.516.